The van der Waals surface area contributed by atoms with Gasteiger partial charge in [-0.2, -0.15) is 4.98 Å². The summed E-state index contributed by atoms with van der Waals surface area (Å²) in [5.41, 5.74) is -0.785. The van der Waals surface area contributed by atoms with Gasteiger partial charge in [-0.05, 0) is 12.8 Å². The van der Waals surface area contributed by atoms with Crippen LogP contribution in [0.4, 0.5) is 5.95 Å². The minimum absolute atomic E-state index is 0.158. The molecule has 0 aliphatic carbocycles. The Labute approximate surface area is 95.9 Å². The lowest BCUT2D eigenvalue weighted by atomic mass is 9.93. The van der Waals surface area contributed by atoms with E-state index in [0.717, 1.165) is 0 Å². The maximum absolute atomic E-state index is 10.0. The third-order valence-corrected chi connectivity index (χ3v) is 2.69. The predicted octanol–water partition coefficient (Wildman–Crippen LogP) is 1.30. The van der Waals surface area contributed by atoms with E-state index >= 15 is 0 Å². The molecule has 0 bridgehead atoms. The van der Waals surface area contributed by atoms with Crippen molar-refractivity contribution in [3.63, 3.8) is 0 Å². The van der Waals surface area contributed by atoms with Crippen molar-refractivity contribution in [3.05, 3.63) is 12.3 Å². The zero-order chi connectivity index (χ0) is 12.2. The van der Waals surface area contributed by atoms with Crippen LogP contribution in [0, 0.1) is 5.92 Å². The van der Waals surface area contributed by atoms with Crippen molar-refractivity contribution >= 4 is 5.95 Å². The second-order valence-corrected chi connectivity index (χ2v) is 4.29. The van der Waals surface area contributed by atoms with E-state index in [0.29, 0.717) is 18.4 Å². The first-order chi connectivity index (χ1) is 7.45. The molecular formula is C11H19N3O2. The van der Waals surface area contributed by atoms with Gasteiger partial charge in [0.1, 0.15) is 0 Å². The molecule has 0 amide bonds. The molecule has 0 radical (unpaired) electrons. The average Bonchev–Trinajstić information content (AvgIpc) is 2.26. The maximum Gasteiger partial charge on any atom is 0.226 e. The van der Waals surface area contributed by atoms with Gasteiger partial charge in [-0.1, -0.05) is 13.8 Å². The number of anilines is 1. The number of methoxy groups -OCH3 is 1. The van der Waals surface area contributed by atoms with Crippen LogP contribution in [0.15, 0.2) is 12.3 Å². The van der Waals surface area contributed by atoms with Gasteiger partial charge in [0.15, 0.2) is 0 Å². The van der Waals surface area contributed by atoms with Gasteiger partial charge >= 0.3 is 0 Å². The van der Waals surface area contributed by atoms with Crippen LogP contribution in [0.3, 0.4) is 0 Å². The zero-order valence-electron chi connectivity index (χ0n) is 10.2. The summed E-state index contributed by atoms with van der Waals surface area (Å²) in [5, 5.41) is 13.0. The summed E-state index contributed by atoms with van der Waals surface area (Å²) < 4.78 is 4.98. The number of hydrogen-bond acceptors (Lipinski definition) is 5. The Balaban J connectivity index is 2.60. The highest BCUT2D eigenvalue weighted by atomic mass is 16.5. The topological polar surface area (TPSA) is 67.3 Å². The fourth-order valence-corrected chi connectivity index (χ4v) is 1.00. The molecule has 5 nitrogen and oxygen atoms in total. The second kappa shape index (κ2) is 5.12. The van der Waals surface area contributed by atoms with Crippen LogP contribution in [0.25, 0.3) is 0 Å². The number of aromatic nitrogens is 2. The minimum Gasteiger partial charge on any atom is -0.481 e. The van der Waals surface area contributed by atoms with E-state index in [1.807, 2.05) is 13.8 Å². The Morgan fingerprint density at radius 2 is 2.25 bits per heavy atom. The first-order valence-corrected chi connectivity index (χ1v) is 5.29. The van der Waals surface area contributed by atoms with Crippen LogP contribution >= 0.6 is 0 Å². The van der Waals surface area contributed by atoms with E-state index in [-0.39, 0.29) is 5.92 Å². The Kier molecular flexibility index (Phi) is 4.06. The van der Waals surface area contributed by atoms with Crippen molar-refractivity contribution in [2.45, 2.75) is 26.4 Å². The summed E-state index contributed by atoms with van der Waals surface area (Å²) in [4.78, 5) is 8.13. The molecule has 0 fully saturated rings. The van der Waals surface area contributed by atoms with Crippen LogP contribution in [0.5, 0.6) is 5.88 Å². The van der Waals surface area contributed by atoms with Crippen LogP contribution in [0.2, 0.25) is 0 Å². The third kappa shape index (κ3) is 3.34. The maximum atomic E-state index is 10.0. The molecule has 0 unspecified atom stereocenters. The first kappa shape index (κ1) is 12.7. The largest absolute Gasteiger partial charge is 0.481 e. The van der Waals surface area contributed by atoms with Crippen LogP contribution < -0.4 is 10.1 Å². The monoisotopic (exact) mass is 225 g/mol. The van der Waals surface area contributed by atoms with Crippen molar-refractivity contribution in [2.24, 2.45) is 5.92 Å². The fraction of sp³-hybridized carbons (Fsp3) is 0.636. The van der Waals surface area contributed by atoms with Crippen molar-refractivity contribution in [1.82, 2.24) is 9.97 Å². The highest BCUT2D eigenvalue weighted by molar-refractivity contribution is 5.27. The average molecular weight is 225 g/mol. The molecule has 1 rings (SSSR count). The van der Waals surface area contributed by atoms with Crippen molar-refractivity contribution in [1.29, 1.82) is 0 Å². The smallest absolute Gasteiger partial charge is 0.226 e. The van der Waals surface area contributed by atoms with E-state index in [2.05, 4.69) is 15.3 Å². The quantitative estimate of drug-likeness (QED) is 0.790. The molecule has 0 saturated heterocycles. The molecule has 1 aromatic heterocycles. The summed E-state index contributed by atoms with van der Waals surface area (Å²) in [7, 11) is 1.55. The van der Waals surface area contributed by atoms with Gasteiger partial charge in [0, 0.05) is 18.8 Å². The molecule has 1 heterocycles. The Morgan fingerprint density at radius 3 is 2.81 bits per heavy atom. The number of aliphatic hydroxyl groups is 1. The first-order valence-electron chi connectivity index (χ1n) is 5.29. The van der Waals surface area contributed by atoms with E-state index in [1.54, 1.807) is 26.3 Å². The number of nitrogens with zero attached hydrogens (tertiary/aromatic N) is 2. The van der Waals surface area contributed by atoms with Crippen molar-refractivity contribution < 1.29 is 9.84 Å². The Bertz CT molecular complexity index is 340. The fourth-order valence-electron chi connectivity index (χ4n) is 1.00. The number of hydrogen-bond donors (Lipinski definition) is 2. The second-order valence-electron chi connectivity index (χ2n) is 4.29. The molecule has 90 valence electrons. The number of rotatable bonds is 5. The lowest BCUT2D eigenvalue weighted by Crippen LogP contribution is -2.39. The molecule has 2 N–H and O–H groups in total. The van der Waals surface area contributed by atoms with Crippen LogP contribution in [0.1, 0.15) is 20.8 Å². The zero-order valence-corrected chi connectivity index (χ0v) is 10.2. The summed E-state index contributed by atoms with van der Waals surface area (Å²) in [6, 6.07) is 1.67. The highest BCUT2D eigenvalue weighted by Gasteiger charge is 2.24. The molecule has 0 aromatic carbocycles. The molecule has 0 aliphatic heterocycles. The van der Waals surface area contributed by atoms with Crippen LogP contribution in [-0.2, 0) is 0 Å². The standard InChI is InChI=1S/C11H19N3O2/c1-8(2)11(3,15)7-13-10-12-6-5-9(14-10)16-4/h5-6,8,15H,7H2,1-4H3,(H,12,13,14)/t11-/m0/s1. The van der Waals surface area contributed by atoms with Gasteiger partial charge in [-0.3, -0.25) is 0 Å². The normalized spacial score (nSPS) is 14.6. The van der Waals surface area contributed by atoms with E-state index in [1.165, 1.54) is 0 Å². The summed E-state index contributed by atoms with van der Waals surface area (Å²) >= 11 is 0. The number of nitrogens with one attached hydrogen (secondary N) is 1. The lowest BCUT2D eigenvalue weighted by molar-refractivity contribution is 0.0264. The SMILES string of the molecule is COc1ccnc(NC[C@](C)(O)C(C)C)n1. The Morgan fingerprint density at radius 1 is 1.56 bits per heavy atom. The summed E-state index contributed by atoms with van der Waals surface area (Å²) in [6.07, 6.45) is 1.61. The molecule has 1 atom stereocenters. The van der Waals surface area contributed by atoms with E-state index in [4.69, 9.17) is 4.74 Å². The molecular weight excluding hydrogens is 206 g/mol. The molecule has 16 heavy (non-hydrogen) atoms. The van der Waals surface area contributed by atoms with Gasteiger partial charge < -0.3 is 15.2 Å². The summed E-state index contributed by atoms with van der Waals surface area (Å²) in [6.45, 7) is 6.12. The van der Waals surface area contributed by atoms with Gasteiger partial charge in [0.05, 0.1) is 12.7 Å². The minimum atomic E-state index is -0.785. The van der Waals surface area contributed by atoms with E-state index < -0.39 is 5.60 Å². The number of ether oxygens (including phenoxy) is 1. The summed E-state index contributed by atoms with van der Waals surface area (Å²) in [5.74, 6) is 1.12. The lowest BCUT2D eigenvalue weighted by Gasteiger charge is -2.27. The van der Waals surface area contributed by atoms with Crippen LogP contribution in [-0.4, -0.2) is 34.3 Å². The molecule has 0 saturated carbocycles. The highest BCUT2D eigenvalue weighted by Crippen LogP contribution is 2.16. The van der Waals surface area contributed by atoms with Crippen molar-refractivity contribution in [2.75, 3.05) is 19.0 Å². The van der Waals surface area contributed by atoms with Crippen molar-refractivity contribution in [3.8, 4) is 5.88 Å². The third-order valence-electron chi connectivity index (χ3n) is 2.69. The molecule has 0 aliphatic rings. The van der Waals surface area contributed by atoms with Gasteiger partial charge in [0.25, 0.3) is 0 Å². The van der Waals surface area contributed by atoms with E-state index in [9.17, 15) is 5.11 Å². The molecule has 0 spiro atoms. The molecule has 5 heteroatoms. The van der Waals surface area contributed by atoms with Gasteiger partial charge in [0.2, 0.25) is 11.8 Å². The molecule has 1 aromatic rings. The van der Waals surface area contributed by atoms with Gasteiger partial charge in [-0.15, -0.1) is 0 Å². The van der Waals surface area contributed by atoms with Gasteiger partial charge in [-0.25, -0.2) is 4.98 Å². The Hall–Kier alpha value is -1.36. The predicted molar refractivity (Wildman–Crippen MR) is 62.5 cm³/mol.